The van der Waals surface area contributed by atoms with Gasteiger partial charge < -0.3 is 0 Å². The molecule has 64 valence electrons. The van der Waals surface area contributed by atoms with Gasteiger partial charge in [-0.1, -0.05) is 13.0 Å². The zero-order valence-corrected chi connectivity index (χ0v) is 7.71. The molecule has 1 fully saturated rings. The van der Waals surface area contributed by atoms with Crippen molar-refractivity contribution in [3.63, 3.8) is 0 Å². The van der Waals surface area contributed by atoms with Crippen LogP contribution in [0.4, 0.5) is 0 Å². The smallest absolute Gasteiger partial charge is 0.0163 e. The molecule has 0 saturated carbocycles. The van der Waals surface area contributed by atoms with Crippen molar-refractivity contribution in [3.8, 4) is 0 Å². The van der Waals surface area contributed by atoms with Crippen molar-refractivity contribution in [2.45, 2.75) is 32.7 Å². The average Bonchev–Trinajstić information content (AvgIpc) is 1.95. The first-order chi connectivity index (χ1) is 5.24. The quantitative estimate of drug-likeness (QED) is 0.550. The van der Waals surface area contributed by atoms with Crippen molar-refractivity contribution in [2.24, 2.45) is 5.92 Å². The van der Waals surface area contributed by atoms with Crippen LogP contribution in [0.1, 0.15) is 26.7 Å². The molecule has 0 bridgehead atoms. The minimum atomic E-state index is 0.761. The molecule has 0 aromatic heterocycles. The van der Waals surface area contributed by atoms with Gasteiger partial charge in [-0.3, -0.25) is 4.90 Å². The Morgan fingerprint density at radius 2 is 2.27 bits per heavy atom. The van der Waals surface area contributed by atoms with Crippen LogP contribution < -0.4 is 0 Å². The molecule has 1 heterocycles. The van der Waals surface area contributed by atoms with E-state index < -0.39 is 0 Å². The van der Waals surface area contributed by atoms with Crippen molar-refractivity contribution >= 4 is 0 Å². The molecule has 11 heavy (non-hydrogen) atoms. The minimum Gasteiger partial charge on any atom is -0.297 e. The molecule has 0 aliphatic carbocycles. The predicted molar refractivity (Wildman–Crippen MR) is 49.6 cm³/mol. The zero-order chi connectivity index (χ0) is 8.27. The molecule has 1 rings (SSSR count). The number of hydrogen-bond acceptors (Lipinski definition) is 1. The fourth-order valence-electron chi connectivity index (χ4n) is 1.89. The van der Waals surface area contributed by atoms with Gasteiger partial charge in [0, 0.05) is 12.6 Å². The Kier molecular flexibility index (Phi) is 3.13. The molecule has 0 amide bonds. The lowest BCUT2D eigenvalue weighted by molar-refractivity contribution is 0.144. The Labute approximate surface area is 70.1 Å². The molecule has 1 aliphatic rings. The summed E-state index contributed by atoms with van der Waals surface area (Å²) in [5.41, 5.74) is 0. The van der Waals surface area contributed by atoms with Gasteiger partial charge in [-0.15, -0.1) is 6.58 Å². The summed E-state index contributed by atoms with van der Waals surface area (Å²) in [5.74, 6) is 0.922. The van der Waals surface area contributed by atoms with Gasteiger partial charge in [0.15, 0.2) is 0 Å². The van der Waals surface area contributed by atoms with Crippen molar-refractivity contribution in [1.29, 1.82) is 0 Å². The first-order valence-corrected chi connectivity index (χ1v) is 4.59. The molecule has 0 aromatic carbocycles. The van der Waals surface area contributed by atoms with Crippen molar-refractivity contribution < 1.29 is 0 Å². The maximum atomic E-state index is 3.77. The van der Waals surface area contributed by atoms with Crippen LogP contribution in [-0.2, 0) is 0 Å². The normalized spacial score (nSPS) is 33.6. The predicted octanol–water partition coefficient (Wildman–Crippen LogP) is 2.29. The lowest BCUT2D eigenvalue weighted by Crippen LogP contribution is -2.40. The molecule has 1 unspecified atom stereocenters. The number of rotatable bonds is 2. The van der Waals surface area contributed by atoms with E-state index in [4.69, 9.17) is 0 Å². The van der Waals surface area contributed by atoms with E-state index in [1.807, 2.05) is 6.08 Å². The monoisotopic (exact) mass is 153 g/mol. The minimum absolute atomic E-state index is 0.761. The lowest BCUT2D eigenvalue weighted by atomic mass is 9.93. The molecule has 1 nitrogen and oxygen atoms in total. The highest BCUT2D eigenvalue weighted by atomic mass is 15.1. The third-order valence-corrected chi connectivity index (χ3v) is 2.64. The second-order valence-electron chi connectivity index (χ2n) is 3.76. The summed E-state index contributed by atoms with van der Waals surface area (Å²) in [6.07, 6.45) is 4.72. The molecule has 0 N–H and O–H groups in total. The number of piperidine rings is 1. The first kappa shape index (κ1) is 8.79. The topological polar surface area (TPSA) is 3.24 Å². The van der Waals surface area contributed by atoms with Gasteiger partial charge in [-0.2, -0.15) is 0 Å². The average molecular weight is 153 g/mol. The van der Waals surface area contributed by atoms with E-state index >= 15 is 0 Å². The van der Waals surface area contributed by atoms with E-state index in [1.165, 1.54) is 19.4 Å². The van der Waals surface area contributed by atoms with Gasteiger partial charge in [-0.25, -0.2) is 0 Å². The molecular weight excluding hydrogens is 134 g/mol. The summed E-state index contributed by atoms with van der Waals surface area (Å²) in [6.45, 7) is 10.8. The molecule has 2 atom stereocenters. The highest BCUT2D eigenvalue weighted by Gasteiger charge is 2.20. The highest BCUT2D eigenvalue weighted by Crippen LogP contribution is 2.21. The first-order valence-electron chi connectivity index (χ1n) is 4.59. The van der Waals surface area contributed by atoms with Gasteiger partial charge in [0.25, 0.3) is 0 Å². The van der Waals surface area contributed by atoms with Crippen LogP contribution in [0.15, 0.2) is 12.7 Å². The SMILES string of the molecule is C=CCN1CC[C@@H](C)CC1C. The molecule has 1 aliphatic heterocycles. The fourth-order valence-corrected chi connectivity index (χ4v) is 1.89. The molecular formula is C10H19N. The lowest BCUT2D eigenvalue weighted by Gasteiger charge is -2.35. The fraction of sp³-hybridized carbons (Fsp3) is 0.800. The van der Waals surface area contributed by atoms with E-state index in [2.05, 4.69) is 25.3 Å². The van der Waals surface area contributed by atoms with Gasteiger partial charge >= 0.3 is 0 Å². The van der Waals surface area contributed by atoms with E-state index in [9.17, 15) is 0 Å². The zero-order valence-electron chi connectivity index (χ0n) is 7.71. The summed E-state index contributed by atoms with van der Waals surface area (Å²) in [5, 5.41) is 0. The van der Waals surface area contributed by atoms with E-state index in [0.29, 0.717) is 0 Å². The summed E-state index contributed by atoms with van der Waals surface area (Å²) in [7, 11) is 0. The summed E-state index contributed by atoms with van der Waals surface area (Å²) < 4.78 is 0. The highest BCUT2D eigenvalue weighted by molar-refractivity contribution is 4.82. The Hall–Kier alpha value is -0.300. The largest absolute Gasteiger partial charge is 0.297 e. The van der Waals surface area contributed by atoms with Crippen LogP contribution in [0, 0.1) is 5.92 Å². The molecule has 0 aromatic rings. The van der Waals surface area contributed by atoms with Crippen LogP contribution in [-0.4, -0.2) is 24.0 Å². The Bertz CT molecular complexity index is 131. The van der Waals surface area contributed by atoms with Crippen LogP contribution >= 0.6 is 0 Å². The van der Waals surface area contributed by atoms with Gasteiger partial charge in [0.05, 0.1) is 0 Å². The van der Waals surface area contributed by atoms with Crippen molar-refractivity contribution in [2.75, 3.05) is 13.1 Å². The second-order valence-corrected chi connectivity index (χ2v) is 3.76. The number of nitrogens with zero attached hydrogens (tertiary/aromatic N) is 1. The van der Waals surface area contributed by atoms with E-state index in [-0.39, 0.29) is 0 Å². The third kappa shape index (κ3) is 2.33. The number of likely N-dealkylation sites (tertiary alicyclic amines) is 1. The third-order valence-electron chi connectivity index (χ3n) is 2.64. The Balaban J connectivity index is 2.37. The maximum absolute atomic E-state index is 3.77. The molecule has 1 saturated heterocycles. The Morgan fingerprint density at radius 3 is 2.82 bits per heavy atom. The van der Waals surface area contributed by atoms with E-state index in [1.54, 1.807) is 0 Å². The van der Waals surface area contributed by atoms with Gasteiger partial charge in [-0.05, 0) is 32.2 Å². The van der Waals surface area contributed by atoms with Gasteiger partial charge in [0.1, 0.15) is 0 Å². The summed E-state index contributed by atoms with van der Waals surface area (Å²) in [4.78, 5) is 2.51. The maximum Gasteiger partial charge on any atom is 0.0163 e. The van der Waals surface area contributed by atoms with Crippen molar-refractivity contribution in [3.05, 3.63) is 12.7 Å². The van der Waals surface area contributed by atoms with Crippen LogP contribution in [0.3, 0.4) is 0 Å². The summed E-state index contributed by atoms with van der Waals surface area (Å²) in [6, 6.07) is 0.761. The van der Waals surface area contributed by atoms with E-state index in [0.717, 1.165) is 18.5 Å². The summed E-state index contributed by atoms with van der Waals surface area (Å²) >= 11 is 0. The second kappa shape index (κ2) is 3.91. The van der Waals surface area contributed by atoms with Crippen LogP contribution in [0.5, 0.6) is 0 Å². The number of hydrogen-bond donors (Lipinski definition) is 0. The Morgan fingerprint density at radius 1 is 1.55 bits per heavy atom. The van der Waals surface area contributed by atoms with Gasteiger partial charge in [0.2, 0.25) is 0 Å². The van der Waals surface area contributed by atoms with Crippen LogP contribution in [0.25, 0.3) is 0 Å². The molecule has 1 heteroatoms. The van der Waals surface area contributed by atoms with Crippen molar-refractivity contribution in [1.82, 2.24) is 4.90 Å². The molecule has 0 spiro atoms. The molecule has 0 radical (unpaired) electrons. The standard InChI is InChI=1S/C10H19N/c1-4-6-11-7-5-9(2)8-10(11)3/h4,9-10H,1,5-8H2,2-3H3/t9-,10?/m1/s1. The van der Waals surface area contributed by atoms with Crippen LogP contribution in [0.2, 0.25) is 0 Å².